The Morgan fingerprint density at radius 2 is 1.72 bits per heavy atom. The van der Waals surface area contributed by atoms with Crippen LogP contribution >= 0.6 is 0 Å². The van der Waals surface area contributed by atoms with Crippen molar-refractivity contribution >= 4 is 15.9 Å². The summed E-state index contributed by atoms with van der Waals surface area (Å²) in [7, 11) is -3.49. The second-order valence-corrected chi connectivity index (χ2v) is 9.19. The maximum Gasteiger partial charge on any atom is 0.251 e. The molecule has 1 fully saturated rings. The van der Waals surface area contributed by atoms with Gasteiger partial charge in [-0.15, -0.1) is 0 Å². The number of nitrogens with zero attached hydrogens (tertiary/aromatic N) is 1. The molecule has 140 valence electrons. The van der Waals surface area contributed by atoms with Gasteiger partial charge in [0.1, 0.15) is 0 Å². The molecule has 6 heteroatoms. The molecule has 1 N–H and O–H groups in total. The van der Waals surface area contributed by atoms with E-state index in [1.165, 1.54) is 0 Å². The average Bonchev–Trinajstić information content (AvgIpc) is 2.58. The third kappa shape index (κ3) is 5.28. The van der Waals surface area contributed by atoms with E-state index in [2.05, 4.69) is 26.1 Å². The summed E-state index contributed by atoms with van der Waals surface area (Å²) in [4.78, 5) is 12.3. The van der Waals surface area contributed by atoms with E-state index >= 15 is 0 Å². The number of piperidine rings is 1. The first kappa shape index (κ1) is 19.9. The predicted molar refractivity (Wildman–Crippen MR) is 100 cm³/mol. The number of unbranched alkanes of at least 4 members (excludes halogenated alkanes) is 2. The fraction of sp³-hybridized carbons (Fsp3) is 0.632. The number of sulfonamides is 1. The fourth-order valence-corrected chi connectivity index (χ4v) is 5.09. The summed E-state index contributed by atoms with van der Waals surface area (Å²) in [6.45, 7) is 8.06. The molecule has 1 saturated heterocycles. The molecule has 1 aromatic rings. The Labute approximate surface area is 151 Å². The van der Waals surface area contributed by atoms with Gasteiger partial charge in [-0.2, -0.15) is 4.31 Å². The first-order valence-corrected chi connectivity index (χ1v) is 10.7. The number of nitrogens with one attached hydrogen (secondary N) is 1. The Morgan fingerprint density at radius 3 is 2.28 bits per heavy atom. The van der Waals surface area contributed by atoms with Crippen LogP contribution in [0.25, 0.3) is 0 Å². The number of carbonyl (C=O) groups is 1. The lowest BCUT2D eigenvalue weighted by Crippen LogP contribution is -2.42. The van der Waals surface area contributed by atoms with E-state index < -0.39 is 10.0 Å². The van der Waals surface area contributed by atoms with Crippen LogP contribution in [0.4, 0.5) is 0 Å². The van der Waals surface area contributed by atoms with Gasteiger partial charge in [-0.05, 0) is 48.9 Å². The molecule has 1 aliphatic rings. The molecule has 25 heavy (non-hydrogen) atoms. The van der Waals surface area contributed by atoms with Gasteiger partial charge in [0.25, 0.3) is 5.91 Å². The lowest BCUT2D eigenvalue weighted by molar-refractivity contribution is 0.0953. The molecule has 2 rings (SSSR count). The van der Waals surface area contributed by atoms with E-state index in [1.807, 2.05) is 0 Å². The van der Waals surface area contributed by atoms with Crippen LogP contribution in [0.1, 0.15) is 56.8 Å². The molecule has 5 nitrogen and oxygen atoms in total. The first-order chi connectivity index (χ1) is 11.8. The van der Waals surface area contributed by atoms with Gasteiger partial charge in [0.15, 0.2) is 0 Å². The van der Waals surface area contributed by atoms with Gasteiger partial charge in [-0.1, -0.05) is 33.6 Å². The summed E-state index contributed by atoms with van der Waals surface area (Å²) in [5.41, 5.74) is 0.496. The highest BCUT2D eigenvalue weighted by Crippen LogP contribution is 2.26. The van der Waals surface area contributed by atoms with Crippen molar-refractivity contribution in [3.63, 3.8) is 0 Å². The van der Waals surface area contributed by atoms with Crippen molar-refractivity contribution in [1.29, 1.82) is 0 Å². The molecule has 0 saturated carbocycles. The maximum atomic E-state index is 12.8. The second-order valence-electron chi connectivity index (χ2n) is 7.26. The summed E-state index contributed by atoms with van der Waals surface area (Å²) >= 11 is 0. The fourth-order valence-electron chi connectivity index (χ4n) is 3.41. The molecule has 1 aliphatic heterocycles. The Bertz CT molecular complexity index is 660. The summed E-state index contributed by atoms with van der Waals surface area (Å²) < 4.78 is 27.2. The molecule has 1 aromatic carbocycles. The van der Waals surface area contributed by atoms with Gasteiger partial charge >= 0.3 is 0 Å². The minimum absolute atomic E-state index is 0.153. The second kappa shape index (κ2) is 8.81. The number of hydrogen-bond donors (Lipinski definition) is 1. The van der Waals surface area contributed by atoms with Gasteiger partial charge < -0.3 is 5.32 Å². The van der Waals surface area contributed by atoms with Crippen LogP contribution in [0, 0.1) is 11.8 Å². The summed E-state index contributed by atoms with van der Waals surface area (Å²) in [6.07, 6.45) is 4.21. The molecular weight excluding hydrogens is 336 g/mol. The SMILES string of the molecule is CCCCCNC(=O)c1ccc(S(=O)(=O)N2C[C@@H](C)C[C@H](C)C2)cc1. The van der Waals surface area contributed by atoms with Gasteiger partial charge in [0.05, 0.1) is 4.90 Å². The molecule has 0 aromatic heterocycles. The molecule has 0 bridgehead atoms. The molecular formula is C19H30N2O3S. The first-order valence-electron chi connectivity index (χ1n) is 9.23. The van der Waals surface area contributed by atoms with E-state index in [4.69, 9.17) is 0 Å². The van der Waals surface area contributed by atoms with Crippen molar-refractivity contribution in [3.05, 3.63) is 29.8 Å². The summed E-state index contributed by atoms with van der Waals surface area (Å²) in [5.74, 6) is 0.582. The van der Waals surface area contributed by atoms with Gasteiger partial charge in [0, 0.05) is 25.2 Å². The van der Waals surface area contributed by atoms with Crippen LogP contribution in [-0.2, 0) is 10.0 Å². The Hall–Kier alpha value is -1.40. The van der Waals surface area contributed by atoms with Gasteiger partial charge in [-0.25, -0.2) is 8.42 Å². The summed E-state index contributed by atoms with van der Waals surface area (Å²) in [6, 6.07) is 6.28. The van der Waals surface area contributed by atoms with Crippen LogP contribution in [0.3, 0.4) is 0 Å². The molecule has 0 radical (unpaired) electrons. The topological polar surface area (TPSA) is 66.5 Å². The zero-order valence-electron chi connectivity index (χ0n) is 15.5. The van der Waals surface area contributed by atoms with Crippen molar-refractivity contribution in [2.45, 2.75) is 51.3 Å². The van der Waals surface area contributed by atoms with E-state index in [0.717, 1.165) is 25.7 Å². The molecule has 1 amide bonds. The van der Waals surface area contributed by atoms with Gasteiger partial charge in [0.2, 0.25) is 10.0 Å². The number of carbonyl (C=O) groups excluding carboxylic acids is 1. The quantitative estimate of drug-likeness (QED) is 0.753. The van der Waals surface area contributed by atoms with Crippen LogP contribution in [0.5, 0.6) is 0 Å². The maximum absolute atomic E-state index is 12.8. The van der Waals surface area contributed by atoms with Crippen LogP contribution < -0.4 is 5.32 Å². The number of rotatable bonds is 7. The molecule has 0 unspecified atom stereocenters. The van der Waals surface area contributed by atoms with Crippen LogP contribution in [0.15, 0.2) is 29.2 Å². The monoisotopic (exact) mass is 366 g/mol. The Balaban J connectivity index is 2.04. The highest BCUT2D eigenvalue weighted by molar-refractivity contribution is 7.89. The van der Waals surface area contributed by atoms with Crippen molar-refractivity contribution < 1.29 is 13.2 Å². The van der Waals surface area contributed by atoms with Crippen molar-refractivity contribution in [3.8, 4) is 0 Å². The number of benzene rings is 1. The Morgan fingerprint density at radius 1 is 1.12 bits per heavy atom. The van der Waals surface area contributed by atoms with Crippen LogP contribution in [-0.4, -0.2) is 38.3 Å². The minimum atomic E-state index is -3.49. The number of hydrogen-bond acceptors (Lipinski definition) is 3. The third-order valence-corrected chi connectivity index (χ3v) is 6.50. The largest absolute Gasteiger partial charge is 0.352 e. The molecule has 0 spiro atoms. The van der Waals surface area contributed by atoms with E-state index in [9.17, 15) is 13.2 Å². The lowest BCUT2D eigenvalue weighted by Gasteiger charge is -2.34. The molecule has 1 heterocycles. The minimum Gasteiger partial charge on any atom is -0.352 e. The average molecular weight is 367 g/mol. The standard InChI is InChI=1S/C19H30N2O3S/c1-4-5-6-11-20-19(22)17-7-9-18(10-8-17)25(23,24)21-13-15(2)12-16(3)14-21/h7-10,15-16H,4-6,11-14H2,1-3H3,(H,20,22)/t15-,16-/m0/s1. The zero-order valence-corrected chi connectivity index (χ0v) is 16.3. The van der Waals surface area contributed by atoms with E-state index in [-0.39, 0.29) is 10.8 Å². The smallest absolute Gasteiger partial charge is 0.251 e. The summed E-state index contributed by atoms with van der Waals surface area (Å²) in [5, 5.41) is 2.87. The van der Waals surface area contributed by atoms with Crippen molar-refractivity contribution in [1.82, 2.24) is 9.62 Å². The van der Waals surface area contributed by atoms with Crippen molar-refractivity contribution in [2.24, 2.45) is 11.8 Å². The highest BCUT2D eigenvalue weighted by atomic mass is 32.2. The van der Waals surface area contributed by atoms with E-state index in [1.54, 1.807) is 28.6 Å². The lowest BCUT2D eigenvalue weighted by atomic mass is 9.94. The third-order valence-electron chi connectivity index (χ3n) is 4.66. The zero-order chi connectivity index (χ0) is 18.4. The van der Waals surface area contributed by atoms with Crippen molar-refractivity contribution in [2.75, 3.05) is 19.6 Å². The normalized spacial score (nSPS) is 21.9. The number of amides is 1. The highest BCUT2D eigenvalue weighted by Gasteiger charge is 2.31. The molecule has 2 atom stereocenters. The molecule has 0 aliphatic carbocycles. The Kier molecular flexibility index (Phi) is 7.02. The van der Waals surface area contributed by atoms with E-state index in [0.29, 0.717) is 37.0 Å². The predicted octanol–water partition coefficient (Wildman–Crippen LogP) is 3.27. The van der Waals surface area contributed by atoms with Crippen LogP contribution in [0.2, 0.25) is 0 Å². The van der Waals surface area contributed by atoms with Gasteiger partial charge in [-0.3, -0.25) is 4.79 Å².